The summed E-state index contributed by atoms with van der Waals surface area (Å²) in [4.78, 5) is 14.7. The van der Waals surface area contributed by atoms with E-state index in [1.54, 1.807) is 0 Å². The van der Waals surface area contributed by atoms with Gasteiger partial charge in [-0.25, -0.2) is 15.0 Å². The number of rotatable bonds is 6. The van der Waals surface area contributed by atoms with Crippen LogP contribution >= 0.6 is 0 Å². The smallest absolute Gasteiger partial charge is 0.164 e. The number of aryl methyl sites for hydroxylation is 1. The van der Waals surface area contributed by atoms with Crippen molar-refractivity contribution in [3.05, 3.63) is 157 Å². The number of fused-ring (bicyclic) bond motifs is 2. The van der Waals surface area contributed by atoms with Gasteiger partial charge in [-0.15, -0.1) is 0 Å². The van der Waals surface area contributed by atoms with E-state index < -0.39 is 0 Å². The van der Waals surface area contributed by atoms with Crippen LogP contribution in [-0.4, -0.2) is 15.0 Å². The lowest BCUT2D eigenvalue weighted by molar-refractivity contribution is 1.04. The molecule has 6 aromatic carbocycles. The summed E-state index contributed by atoms with van der Waals surface area (Å²) in [6.45, 7) is 6.17. The Bertz CT molecular complexity index is 2170. The first kappa shape index (κ1) is 28.1. The summed E-state index contributed by atoms with van der Waals surface area (Å²) in [5, 5.41) is 4.97. The van der Waals surface area contributed by atoms with E-state index in [4.69, 9.17) is 15.0 Å². The van der Waals surface area contributed by atoms with Crippen LogP contribution in [-0.2, 0) is 0 Å². The van der Waals surface area contributed by atoms with Crippen LogP contribution in [0.3, 0.4) is 0 Å². The first-order valence-corrected chi connectivity index (χ1v) is 15.4. The monoisotopic (exact) mass is 579 g/mol. The fraction of sp³-hybridized carbons (Fsp3) is 0.0714. The van der Waals surface area contributed by atoms with Gasteiger partial charge >= 0.3 is 0 Å². The molecule has 0 atom stereocenters. The van der Waals surface area contributed by atoms with E-state index >= 15 is 0 Å². The molecule has 0 aliphatic heterocycles. The number of hydrogen-bond donors (Lipinski definition) is 0. The summed E-state index contributed by atoms with van der Waals surface area (Å²) >= 11 is 0. The van der Waals surface area contributed by atoms with Gasteiger partial charge in [0, 0.05) is 16.7 Å². The molecule has 0 saturated carbocycles. The normalized spacial score (nSPS) is 11.9. The van der Waals surface area contributed by atoms with Crippen molar-refractivity contribution in [2.75, 3.05) is 0 Å². The van der Waals surface area contributed by atoms with Crippen molar-refractivity contribution in [1.82, 2.24) is 15.0 Å². The van der Waals surface area contributed by atoms with Crippen LogP contribution in [0, 0.1) is 6.92 Å². The van der Waals surface area contributed by atoms with E-state index in [1.807, 2.05) is 62.4 Å². The molecular formula is C42H33N3. The SMILES string of the molecule is C/C=C\C(=C/C)c1nc(-c2ccccc2)nc(-c2ccc(-c3c4ccccc4c(-c4cccc(C)c4)c4ccccc34)cc2)n1. The van der Waals surface area contributed by atoms with Crippen molar-refractivity contribution in [3.8, 4) is 45.0 Å². The highest BCUT2D eigenvalue weighted by Crippen LogP contribution is 2.43. The van der Waals surface area contributed by atoms with Gasteiger partial charge in [0.1, 0.15) is 0 Å². The van der Waals surface area contributed by atoms with E-state index in [0.29, 0.717) is 17.5 Å². The minimum Gasteiger partial charge on any atom is -0.208 e. The van der Waals surface area contributed by atoms with Gasteiger partial charge in [-0.3, -0.25) is 0 Å². The van der Waals surface area contributed by atoms with Crippen LogP contribution < -0.4 is 0 Å². The highest BCUT2D eigenvalue weighted by Gasteiger charge is 2.17. The average molecular weight is 580 g/mol. The Labute approximate surface area is 264 Å². The van der Waals surface area contributed by atoms with Gasteiger partial charge in [0.25, 0.3) is 0 Å². The molecule has 0 radical (unpaired) electrons. The van der Waals surface area contributed by atoms with Gasteiger partial charge < -0.3 is 0 Å². The highest BCUT2D eigenvalue weighted by atomic mass is 15.0. The van der Waals surface area contributed by atoms with Crippen LogP contribution in [0.1, 0.15) is 25.2 Å². The Morgan fingerprint density at radius 1 is 0.489 bits per heavy atom. The summed E-state index contributed by atoms with van der Waals surface area (Å²) in [6, 6.07) is 45.1. The van der Waals surface area contributed by atoms with Crippen LogP contribution in [0.5, 0.6) is 0 Å². The lowest BCUT2D eigenvalue weighted by Crippen LogP contribution is -2.02. The Kier molecular flexibility index (Phi) is 7.59. The van der Waals surface area contributed by atoms with Crippen LogP contribution in [0.2, 0.25) is 0 Å². The lowest BCUT2D eigenvalue weighted by atomic mass is 9.85. The summed E-state index contributed by atoms with van der Waals surface area (Å²) in [5.74, 6) is 1.97. The molecule has 0 spiro atoms. The molecule has 0 fully saturated rings. The number of benzene rings is 6. The van der Waals surface area contributed by atoms with Crippen molar-refractivity contribution in [2.24, 2.45) is 0 Å². The van der Waals surface area contributed by atoms with Gasteiger partial charge in [-0.1, -0.05) is 151 Å². The molecule has 3 nitrogen and oxygen atoms in total. The molecule has 7 aromatic rings. The fourth-order valence-corrected chi connectivity index (χ4v) is 6.17. The molecule has 1 heterocycles. The Morgan fingerprint density at radius 2 is 0.978 bits per heavy atom. The van der Waals surface area contributed by atoms with Gasteiger partial charge in [0.15, 0.2) is 17.5 Å². The quantitative estimate of drug-likeness (QED) is 0.145. The van der Waals surface area contributed by atoms with Crippen molar-refractivity contribution >= 4 is 27.1 Å². The summed E-state index contributed by atoms with van der Waals surface area (Å²) in [6.07, 6.45) is 6.08. The summed E-state index contributed by atoms with van der Waals surface area (Å²) in [7, 11) is 0. The lowest BCUT2D eigenvalue weighted by Gasteiger charge is -2.18. The Balaban J connectivity index is 1.40. The number of allylic oxidation sites excluding steroid dienone is 4. The molecule has 0 amide bonds. The maximum absolute atomic E-state index is 4.93. The van der Waals surface area contributed by atoms with E-state index in [2.05, 4.69) is 104 Å². The molecule has 216 valence electrons. The zero-order valence-corrected chi connectivity index (χ0v) is 25.7. The Morgan fingerprint density at radius 3 is 1.51 bits per heavy atom. The second-order valence-corrected chi connectivity index (χ2v) is 11.2. The van der Waals surface area contributed by atoms with Gasteiger partial charge in [0.2, 0.25) is 0 Å². The van der Waals surface area contributed by atoms with E-state index in [1.165, 1.54) is 43.8 Å². The van der Waals surface area contributed by atoms with E-state index in [9.17, 15) is 0 Å². The second-order valence-electron chi connectivity index (χ2n) is 11.2. The largest absolute Gasteiger partial charge is 0.208 e. The molecule has 1 aromatic heterocycles. The third-order valence-corrected chi connectivity index (χ3v) is 8.25. The number of nitrogens with zero attached hydrogens (tertiary/aromatic N) is 3. The molecule has 0 aliphatic carbocycles. The topological polar surface area (TPSA) is 38.7 Å². The maximum atomic E-state index is 4.93. The van der Waals surface area contributed by atoms with Crippen LogP contribution in [0.25, 0.3) is 72.1 Å². The van der Waals surface area contributed by atoms with Crippen LogP contribution in [0.15, 0.2) is 146 Å². The Hall–Kier alpha value is -5.67. The standard InChI is InChI=1S/C42H33N3/c1-4-14-29(5-2)40-43-41(31-16-7-6-8-17-31)45-42(44-40)32-25-23-30(24-26-32)38-34-19-9-11-21-36(34)39(33-18-13-15-28(3)27-33)37-22-12-10-20-35(37)38/h4-27H,1-3H3/b14-4-,29-5+. The molecule has 0 aliphatic rings. The van der Waals surface area contributed by atoms with E-state index in [0.717, 1.165) is 22.3 Å². The van der Waals surface area contributed by atoms with Gasteiger partial charge in [-0.05, 0) is 64.6 Å². The van der Waals surface area contributed by atoms with Gasteiger partial charge in [-0.2, -0.15) is 0 Å². The second kappa shape index (κ2) is 12.1. The number of hydrogen-bond acceptors (Lipinski definition) is 3. The predicted molar refractivity (Wildman–Crippen MR) is 190 cm³/mol. The molecule has 0 unspecified atom stereocenters. The molecule has 7 rings (SSSR count). The molecule has 0 bridgehead atoms. The maximum Gasteiger partial charge on any atom is 0.164 e. The summed E-state index contributed by atoms with van der Waals surface area (Å²) < 4.78 is 0. The zero-order chi connectivity index (χ0) is 30.8. The van der Waals surface area contributed by atoms with Crippen molar-refractivity contribution < 1.29 is 0 Å². The minimum absolute atomic E-state index is 0.652. The molecule has 3 heteroatoms. The molecule has 0 N–H and O–H groups in total. The van der Waals surface area contributed by atoms with Crippen molar-refractivity contribution in [3.63, 3.8) is 0 Å². The van der Waals surface area contributed by atoms with Crippen LogP contribution in [0.4, 0.5) is 0 Å². The zero-order valence-electron chi connectivity index (χ0n) is 25.7. The number of aromatic nitrogens is 3. The third kappa shape index (κ3) is 5.34. The summed E-state index contributed by atoms with van der Waals surface area (Å²) in [5.41, 5.74) is 9.02. The first-order valence-electron chi connectivity index (χ1n) is 15.4. The van der Waals surface area contributed by atoms with Gasteiger partial charge in [0.05, 0.1) is 0 Å². The minimum atomic E-state index is 0.652. The molecular weight excluding hydrogens is 546 g/mol. The highest BCUT2D eigenvalue weighted by molar-refractivity contribution is 6.21. The predicted octanol–water partition coefficient (Wildman–Crippen LogP) is 11.1. The van der Waals surface area contributed by atoms with Crippen molar-refractivity contribution in [2.45, 2.75) is 20.8 Å². The molecule has 0 saturated heterocycles. The fourth-order valence-electron chi connectivity index (χ4n) is 6.17. The molecule has 45 heavy (non-hydrogen) atoms. The van der Waals surface area contributed by atoms with E-state index in [-0.39, 0.29) is 0 Å². The van der Waals surface area contributed by atoms with Crippen molar-refractivity contribution in [1.29, 1.82) is 0 Å². The third-order valence-electron chi connectivity index (χ3n) is 8.25. The average Bonchev–Trinajstić information content (AvgIpc) is 3.09. The first-order chi connectivity index (χ1) is 22.1.